The van der Waals surface area contributed by atoms with Crippen LogP contribution < -0.4 is 5.32 Å². The van der Waals surface area contributed by atoms with Gasteiger partial charge in [0, 0.05) is 6.04 Å². The second-order valence-corrected chi connectivity index (χ2v) is 6.83. The van der Waals surface area contributed by atoms with Crippen molar-refractivity contribution in [3.05, 3.63) is 34.4 Å². The maximum Gasteiger partial charge on any atom is 0.0297 e. The highest BCUT2D eigenvalue weighted by atomic mass is 14.9. The van der Waals surface area contributed by atoms with E-state index in [1.54, 1.807) is 0 Å². The normalized spacial score (nSPS) is 22.9. The van der Waals surface area contributed by atoms with Gasteiger partial charge in [-0.25, -0.2) is 0 Å². The van der Waals surface area contributed by atoms with Crippen LogP contribution in [0.15, 0.2) is 12.1 Å². The predicted molar refractivity (Wildman–Crippen MR) is 79.0 cm³/mol. The van der Waals surface area contributed by atoms with Crippen LogP contribution in [0.25, 0.3) is 0 Å². The molecule has 0 radical (unpaired) electrons. The smallest absolute Gasteiger partial charge is 0.0297 e. The Kier molecular flexibility index (Phi) is 3.55. The van der Waals surface area contributed by atoms with E-state index in [1.807, 2.05) is 0 Å². The Hall–Kier alpha value is -0.820. The summed E-state index contributed by atoms with van der Waals surface area (Å²) in [7, 11) is 0. The Labute approximate surface area is 112 Å². The van der Waals surface area contributed by atoms with Gasteiger partial charge in [0.05, 0.1) is 0 Å². The second-order valence-electron chi connectivity index (χ2n) is 6.83. The molecule has 1 aromatic rings. The quantitative estimate of drug-likeness (QED) is 0.833. The van der Waals surface area contributed by atoms with Crippen molar-refractivity contribution < 1.29 is 0 Å². The Balaban J connectivity index is 2.03. The Bertz CT molecular complexity index is 422. The van der Waals surface area contributed by atoms with Crippen molar-refractivity contribution in [3.8, 4) is 0 Å². The summed E-state index contributed by atoms with van der Waals surface area (Å²) in [6.07, 6.45) is 1.37. The topological polar surface area (TPSA) is 12.0 Å². The monoisotopic (exact) mass is 245 g/mol. The first kappa shape index (κ1) is 13.6. The van der Waals surface area contributed by atoms with E-state index in [9.17, 15) is 0 Å². The van der Waals surface area contributed by atoms with Gasteiger partial charge in [-0.2, -0.15) is 0 Å². The van der Waals surface area contributed by atoms with E-state index >= 15 is 0 Å². The zero-order chi connectivity index (χ0) is 13.5. The molecule has 2 rings (SSSR count). The highest BCUT2D eigenvalue weighted by molar-refractivity contribution is 5.39. The van der Waals surface area contributed by atoms with Crippen molar-refractivity contribution in [2.75, 3.05) is 6.54 Å². The van der Waals surface area contributed by atoms with Gasteiger partial charge in [0.1, 0.15) is 0 Å². The lowest BCUT2D eigenvalue weighted by molar-refractivity contribution is 0.483. The third-order valence-corrected chi connectivity index (χ3v) is 4.56. The molecule has 1 fully saturated rings. The van der Waals surface area contributed by atoms with Gasteiger partial charge in [0.15, 0.2) is 0 Å². The third-order valence-electron chi connectivity index (χ3n) is 4.56. The van der Waals surface area contributed by atoms with Crippen molar-refractivity contribution in [1.82, 2.24) is 5.32 Å². The van der Waals surface area contributed by atoms with Gasteiger partial charge >= 0.3 is 0 Å². The summed E-state index contributed by atoms with van der Waals surface area (Å²) >= 11 is 0. The lowest BCUT2D eigenvalue weighted by atomic mass is 9.95. The number of benzene rings is 1. The number of nitrogens with one attached hydrogen (secondary N) is 1. The first-order valence-corrected chi connectivity index (χ1v) is 7.12. The molecule has 0 bridgehead atoms. The molecule has 18 heavy (non-hydrogen) atoms. The minimum absolute atomic E-state index is 0.460. The molecule has 0 spiro atoms. The van der Waals surface area contributed by atoms with Crippen LogP contribution in [0.5, 0.6) is 0 Å². The van der Waals surface area contributed by atoms with Crippen molar-refractivity contribution >= 4 is 0 Å². The van der Waals surface area contributed by atoms with E-state index in [0.29, 0.717) is 11.5 Å². The maximum absolute atomic E-state index is 3.72. The zero-order valence-corrected chi connectivity index (χ0v) is 12.7. The number of aryl methyl sites for hydroxylation is 3. The van der Waals surface area contributed by atoms with Crippen molar-refractivity contribution in [2.45, 2.75) is 54.0 Å². The summed E-state index contributed by atoms with van der Waals surface area (Å²) in [6, 6.07) is 5.05. The van der Waals surface area contributed by atoms with Gasteiger partial charge in [-0.3, -0.25) is 0 Å². The maximum atomic E-state index is 3.72. The summed E-state index contributed by atoms with van der Waals surface area (Å²) in [5.74, 6) is 0.867. The molecule has 1 N–H and O–H groups in total. The van der Waals surface area contributed by atoms with Crippen LogP contribution in [0, 0.1) is 32.1 Å². The summed E-state index contributed by atoms with van der Waals surface area (Å²) in [6.45, 7) is 14.8. The Morgan fingerprint density at radius 1 is 1.22 bits per heavy atom. The lowest BCUT2D eigenvalue weighted by Crippen LogP contribution is -2.23. The van der Waals surface area contributed by atoms with E-state index in [1.165, 1.54) is 28.7 Å². The van der Waals surface area contributed by atoms with E-state index in [0.717, 1.165) is 12.5 Å². The fraction of sp³-hybridized carbons (Fsp3) is 0.647. The molecular weight excluding hydrogens is 218 g/mol. The molecule has 1 heteroatoms. The molecule has 1 aromatic carbocycles. The van der Waals surface area contributed by atoms with E-state index < -0.39 is 0 Å². The molecule has 0 amide bonds. The Morgan fingerprint density at radius 3 is 2.17 bits per heavy atom. The van der Waals surface area contributed by atoms with Crippen LogP contribution in [-0.4, -0.2) is 6.54 Å². The number of rotatable bonds is 4. The van der Waals surface area contributed by atoms with E-state index in [2.05, 4.69) is 59.0 Å². The molecule has 2 unspecified atom stereocenters. The van der Waals surface area contributed by atoms with Gasteiger partial charge in [0.25, 0.3) is 0 Å². The molecule has 0 aromatic heterocycles. The van der Waals surface area contributed by atoms with Gasteiger partial charge in [0.2, 0.25) is 0 Å². The lowest BCUT2D eigenvalue weighted by Gasteiger charge is -2.20. The number of hydrogen-bond donors (Lipinski definition) is 1. The van der Waals surface area contributed by atoms with Crippen LogP contribution >= 0.6 is 0 Å². The zero-order valence-electron chi connectivity index (χ0n) is 12.7. The minimum atomic E-state index is 0.460. The molecule has 100 valence electrons. The Morgan fingerprint density at radius 2 is 1.72 bits per heavy atom. The SMILES string of the molecule is Cc1cc(C)c(C(C)NCC2CC2(C)C)c(C)c1. The largest absolute Gasteiger partial charge is 0.310 e. The molecule has 1 aliphatic rings. The van der Waals surface area contributed by atoms with E-state index in [-0.39, 0.29) is 0 Å². The predicted octanol–water partition coefficient (Wildman–Crippen LogP) is 4.31. The van der Waals surface area contributed by atoms with Crippen molar-refractivity contribution in [3.63, 3.8) is 0 Å². The fourth-order valence-corrected chi connectivity index (χ4v) is 3.22. The number of hydrogen-bond acceptors (Lipinski definition) is 1. The van der Waals surface area contributed by atoms with Crippen molar-refractivity contribution in [2.24, 2.45) is 11.3 Å². The molecule has 1 nitrogen and oxygen atoms in total. The van der Waals surface area contributed by atoms with Crippen LogP contribution in [0.2, 0.25) is 0 Å². The van der Waals surface area contributed by atoms with Gasteiger partial charge in [-0.05, 0) is 68.7 Å². The van der Waals surface area contributed by atoms with Gasteiger partial charge in [-0.15, -0.1) is 0 Å². The molecule has 1 saturated carbocycles. The summed E-state index contributed by atoms with van der Waals surface area (Å²) in [5, 5.41) is 3.72. The van der Waals surface area contributed by atoms with Gasteiger partial charge < -0.3 is 5.32 Å². The molecule has 0 saturated heterocycles. The van der Waals surface area contributed by atoms with Crippen LogP contribution in [0.1, 0.15) is 55.5 Å². The third kappa shape index (κ3) is 2.77. The average molecular weight is 245 g/mol. The van der Waals surface area contributed by atoms with Crippen LogP contribution in [-0.2, 0) is 0 Å². The van der Waals surface area contributed by atoms with Crippen LogP contribution in [0.3, 0.4) is 0 Å². The average Bonchev–Trinajstić information content (AvgIpc) is 2.82. The second kappa shape index (κ2) is 4.70. The fourth-order valence-electron chi connectivity index (χ4n) is 3.22. The first-order valence-electron chi connectivity index (χ1n) is 7.12. The van der Waals surface area contributed by atoms with Gasteiger partial charge in [-0.1, -0.05) is 31.5 Å². The summed E-state index contributed by atoms with van der Waals surface area (Å²) < 4.78 is 0. The first-order chi connectivity index (χ1) is 8.31. The molecule has 0 heterocycles. The van der Waals surface area contributed by atoms with Crippen LogP contribution in [0.4, 0.5) is 0 Å². The molecule has 2 atom stereocenters. The van der Waals surface area contributed by atoms with Crippen molar-refractivity contribution in [1.29, 1.82) is 0 Å². The summed E-state index contributed by atoms with van der Waals surface area (Å²) in [5.41, 5.74) is 6.26. The molecular formula is C17H27N. The minimum Gasteiger partial charge on any atom is -0.310 e. The molecule has 0 aliphatic heterocycles. The molecule has 1 aliphatic carbocycles. The summed E-state index contributed by atoms with van der Waals surface area (Å²) in [4.78, 5) is 0. The highest BCUT2D eigenvalue weighted by Crippen LogP contribution is 2.51. The van der Waals surface area contributed by atoms with E-state index in [4.69, 9.17) is 0 Å². The standard InChI is InChI=1S/C17H27N/c1-11-7-12(2)16(13(3)8-11)14(4)18-10-15-9-17(15,5)6/h7-8,14-15,18H,9-10H2,1-6H3. The highest BCUT2D eigenvalue weighted by Gasteiger charge is 2.44.